The summed E-state index contributed by atoms with van der Waals surface area (Å²) in [7, 11) is 0. The van der Waals surface area contributed by atoms with Crippen molar-refractivity contribution in [1.82, 2.24) is 9.78 Å². The third-order valence-electron chi connectivity index (χ3n) is 3.84. The molecule has 1 aromatic carbocycles. The SMILES string of the molecule is C[C@]1(O)CCc2c(CO)nn(-c3cccc(Cl)c3)c2C1. The van der Waals surface area contributed by atoms with Crippen molar-refractivity contribution in [2.75, 3.05) is 0 Å². The average Bonchev–Trinajstić information content (AvgIpc) is 2.75. The minimum Gasteiger partial charge on any atom is -0.390 e. The van der Waals surface area contributed by atoms with Crippen molar-refractivity contribution in [2.45, 2.75) is 38.4 Å². The van der Waals surface area contributed by atoms with Crippen molar-refractivity contribution in [1.29, 1.82) is 0 Å². The summed E-state index contributed by atoms with van der Waals surface area (Å²) >= 11 is 6.03. The number of nitrogens with zero attached hydrogens (tertiary/aromatic N) is 2. The zero-order valence-electron chi connectivity index (χ0n) is 11.3. The first kappa shape index (κ1) is 13.6. The van der Waals surface area contributed by atoms with Crippen molar-refractivity contribution >= 4 is 11.6 Å². The zero-order chi connectivity index (χ0) is 14.3. The van der Waals surface area contributed by atoms with Gasteiger partial charge >= 0.3 is 0 Å². The van der Waals surface area contributed by atoms with Gasteiger partial charge in [0.2, 0.25) is 0 Å². The number of hydrogen-bond donors (Lipinski definition) is 2. The summed E-state index contributed by atoms with van der Waals surface area (Å²) in [5.74, 6) is 0. The fourth-order valence-electron chi connectivity index (χ4n) is 2.80. The maximum Gasteiger partial charge on any atom is 0.0918 e. The van der Waals surface area contributed by atoms with Crippen LogP contribution in [0.3, 0.4) is 0 Å². The largest absolute Gasteiger partial charge is 0.390 e. The number of aliphatic hydroxyl groups excluding tert-OH is 1. The van der Waals surface area contributed by atoms with E-state index in [0.29, 0.717) is 23.6 Å². The molecule has 0 unspecified atom stereocenters. The van der Waals surface area contributed by atoms with E-state index >= 15 is 0 Å². The van der Waals surface area contributed by atoms with Gasteiger partial charge < -0.3 is 10.2 Å². The van der Waals surface area contributed by atoms with Crippen LogP contribution in [0.15, 0.2) is 24.3 Å². The lowest BCUT2D eigenvalue weighted by atomic mass is 9.84. The van der Waals surface area contributed by atoms with Crippen LogP contribution in [0.5, 0.6) is 0 Å². The fraction of sp³-hybridized carbons (Fsp3) is 0.400. The van der Waals surface area contributed by atoms with E-state index in [1.54, 1.807) is 4.68 Å². The highest BCUT2D eigenvalue weighted by atomic mass is 35.5. The number of benzene rings is 1. The topological polar surface area (TPSA) is 58.3 Å². The summed E-state index contributed by atoms with van der Waals surface area (Å²) in [6.45, 7) is 1.75. The maximum atomic E-state index is 10.3. The molecule has 4 nitrogen and oxygen atoms in total. The maximum absolute atomic E-state index is 10.3. The smallest absolute Gasteiger partial charge is 0.0918 e. The molecule has 106 valence electrons. The Morgan fingerprint density at radius 1 is 1.45 bits per heavy atom. The minimum atomic E-state index is -0.726. The van der Waals surface area contributed by atoms with E-state index in [1.165, 1.54) is 0 Å². The highest BCUT2D eigenvalue weighted by Gasteiger charge is 2.32. The fourth-order valence-corrected chi connectivity index (χ4v) is 2.98. The number of aliphatic hydroxyl groups is 2. The van der Waals surface area contributed by atoms with Gasteiger partial charge in [-0.3, -0.25) is 0 Å². The van der Waals surface area contributed by atoms with Gasteiger partial charge in [-0.15, -0.1) is 0 Å². The highest BCUT2D eigenvalue weighted by Crippen LogP contribution is 2.32. The Balaban J connectivity index is 2.15. The molecule has 5 heteroatoms. The number of fused-ring (bicyclic) bond motifs is 1. The molecular weight excluding hydrogens is 276 g/mol. The van der Waals surface area contributed by atoms with Gasteiger partial charge in [0, 0.05) is 11.4 Å². The highest BCUT2D eigenvalue weighted by molar-refractivity contribution is 6.30. The molecule has 20 heavy (non-hydrogen) atoms. The molecule has 1 aliphatic rings. The number of halogens is 1. The lowest BCUT2D eigenvalue weighted by molar-refractivity contribution is 0.0441. The second-order valence-corrected chi connectivity index (χ2v) is 6.03. The number of aromatic nitrogens is 2. The van der Waals surface area contributed by atoms with E-state index in [-0.39, 0.29) is 6.61 Å². The Bertz CT molecular complexity index is 649. The van der Waals surface area contributed by atoms with Crippen molar-refractivity contribution in [3.8, 4) is 5.69 Å². The molecule has 2 N–H and O–H groups in total. The van der Waals surface area contributed by atoms with Gasteiger partial charge in [0.15, 0.2) is 0 Å². The number of rotatable bonds is 2. The molecule has 0 saturated carbocycles. The third-order valence-corrected chi connectivity index (χ3v) is 4.07. The van der Waals surface area contributed by atoms with E-state index < -0.39 is 5.60 Å². The molecule has 0 amide bonds. The summed E-state index contributed by atoms with van der Waals surface area (Å²) in [4.78, 5) is 0. The van der Waals surface area contributed by atoms with Gasteiger partial charge in [0.05, 0.1) is 29.3 Å². The molecule has 2 aromatic rings. The van der Waals surface area contributed by atoms with Crippen LogP contribution < -0.4 is 0 Å². The van der Waals surface area contributed by atoms with Crippen LogP contribution in [0, 0.1) is 0 Å². The van der Waals surface area contributed by atoms with Crippen LogP contribution in [0.4, 0.5) is 0 Å². The summed E-state index contributed by atoms with van der Waals surface area (Å²) in [6.07, 6.45) is 1.95. The Hall–Kier alpha value is -1.36. The second kappa shape index (κ2) is 4.88. The molecule has 0 bridgehead atoms. The predicted molar refractivity (Wildman–Crippen MR) is 77.1 cm³/mol. The van der Waals surface area contributed by atoms with Gasteiger partial charge in [-0.2, -0.15) is 5.10 Å². The average molecular weight is 293 g/mol. The molecule has 1 aliphatic carbocycles. The van der Waals surface area contributed by atoms with E-state index in [9.17, 15) is 10.2 Å². The molecule has 0 aliphatic heterocycles. The van der Waals surface area contributed by atoms with Crippen LogP contribution in [-0.2, 0) is 19.4 Å². The first-order valence-electron chi connectivity index (χ1n) is 6.69. The molecule has 0 radical (unpaired) electrons. The summed E-state index contributed by atoms with van der Waals surface area (Å²) in [5, 5.41) is 24.9. The van der Waals surface area contributed by atoms with Crippen molar-refractivity contribution < 1.29 is 10.2 Å². The normalized spacial score (nSPS) is 21.8. The third kappa shape index (κ3) is 2.35. The van der Waals surface area contributed by atoms with Crippen molar-refractivity contribution in [3.63, 3.8) is 0 Å². The first-order chi connectivity index (χ1) is 9.50. The zero-order valence-corrected chi connectivity index (χ0v) is 12.1. The van der Waals surface area contributed by atoms with Gasteiger partial charge in [-0.1, -0.05) is 17.7 Å². The Morgan fingerprint density at radius 3 is 2.95 bits per heavy atom. The van der Waals surface area contributed by atoms with Crippen LogP contribution >= 0.6 is 11.6 Å². The van der Waals surface area contributed by atoms with Crippen molar-refractivity contribution in [3.05, 3.63) is 46.2 Å². The van der Waals surface area contributed by atoms with E-state index in [1.807, 2.05) is 31.2 Å². The summed E-state index contributed by atoms with van der Waals surface area (Å²) in [6, 6.07) is 7.43. The lowest BCUT2D eigenvalue weighted by Gasteiger charge is -2.28. The lowest BCUT2D eigenvalue weighted by Crippen LogP contribution is -2.33. The monoisotopic (exact) mass is 292 g/mol. The molecule has 1 atom stereocenters. The number of hydrogen-bond acceptors (Lipinski definition) is 3. The van der Waals surface area contributed by atoms with E-state index in [2.05, 4.69) is 5.10 Å². The first-order valence-corrected chi connectivity index (χ1v) is 7.07. The molecule has 0 spiro atoms. The molecule has 3 rings (SSSR count). The molecular formula is C15H17ClN2O2. The Morgan fingerprint density at radius 2 is 2.25 bits per heavy atom. The quantitative estimate of drug-likeness (QED) is 0.892. The van der Waals surface area contributed by atoms with Gasteiger partial charge in [-0.25, -0.2) is 4.68 Å². The molecule has 0 saturated heterocycles. The summed E-state index contributed by atoms with van der Waals surface area (Å²) < 4.78 is 1.79. The van der Waals surface area contributed by atoms with Crippen LogP contribution in [-0.4, -0.2) is 25.6 Å². The Kier molecular flexibility index (Phi) is 3.32. The second-order valence-electron chi connectivity index (χ2n) is 5.60. The minimum absolute atomic E-state index is 0.0853. The standard InChI is InChI=1S/C15H17ClN2O2/c1-15(20)6-5-12-13(9-19)17-18(14(12)8-15)11-4-2-3-10(16)7-11/h2-4,7,19-20H,5-6,8-9H2,1H3/t15-/m0/s1. The van der Waals surface area contributed by atoms with Gasteiger partial charge in [0.25, 0.3) is 0 Å². The van der Waals surface area contributed by atoms with E-state index in [0.717, 1.165) is 23.4 Å². The van der Waals surface area contributed by atoms with Crippen LogP contribution in [0.25, 0.3) is 5.69 Å². The Labute approximate surface area is 122 Å². The molecule has 0 fully saturated rings. The molecule has 1 aromatic heterocycles. The summed E-state index contributed by atoms with van der Waals surface area (Å²) in [5.41, 5.74) is 2.84. The van der Waals surface area contributed by atoms with Crippen molar-refractivity contribution in [2.24, 2.45) is 0 Å². The van der Waals surface area contributed by atoms with E-state index in [4.69, 9.17) is 11.6 Å². The molecule has 1 heterocycles. The van der Waals surface area contributed by atoms with Crippen LogP contribution in [0.2, 0.25) is 5.02 Å². The van der Waals surface area contributed by atoms with Gasteiger partial charge in [-0.05, 0) is 43.5 Å². The van der Waals surface area contributed by atoms with Crippen LogP contribution in [0.1, 0.15) is 30.3 Å². The van der Waals surface area contributed by atoms with Gasteiger partial charge in [0.1, 0.15) is 0 Å². The predicted octanol–water partition coefficient (Wildman–Crippen LogP) is 2.26.